The van der Waals surface area contributed by atoms with E-state index in [2.05, 4.69) is 17.3 Å². The van der Waals surface area contributed by atoms with Gasteiger partial charge in [0.25, 0.3) is 0 Å². The molecule has 3 rings (SSSR count). The zero-order valence-electron chi connectivity index (χ0n) is 15.6. The van der Waals surface area contributed by atoms with Crippen LogP contribution < -0.4 is 11.1 Å². The molecule has 0 saturated heterocycles. The van der Waals surface area contributed by atoms with Crippen molar-refractivity contribution in [3.8, 4) is 0 Å². The molecule has 7 nitrogen and oxygen atoms in total. The maximum absolute atomic E-state index is 12.3. The predicted molar refractivity (Wildman–Crippen MR) is 98.1 cm³/mol. The summed E-state index contributed by atoms with van der Waals surface area (Å²) in [6, 6.07) is 0.0606. The third kappa shape index (κ3) is 3.63. The number of fused-ring (bicyclic) bond motifs is 1. The Kier molecular flexibility index (Phi) is 5.65. The Labute approximate surface area is 154 Å². The minimum absolute atomic E-state index is 0.0606. The number of hydrogen-bond acceptors (Lipinski definition) is 4. The molecule has 0 bridgehead atoms. The molecule has 4 N–H and O–H groups in total. The van der Waals surface area contributed by atoms with E-state index < -0.39 is 11.5 Å². The molecule has 0 aliphatic heterocycles. The second kappa shape index (κ2) is 7.78. The second-order valence-electron chi connectivity index (χ2n) is 7.75. The number of aryl methyl sites for hydroxylation is 1. The number of carbonyl (C=O) groups is 2. The van der Waals surface area contributed by atoms with Crippen LogP contribution in [0.25, 0.3) is 0 Å². The first-order chi connectivity index (χ1) is 12.5. The van der Waals surface area contributed by atoms with Crippen LogP contribution in [0.15, 0.2) is 0 Å². The fraction of sp³-hybridized carbons (Fsp3) is 0.737. The molecule has 144 valence electrons. The first-order valence-electron chi connectivity index (χ1n) is 9.86. The molecular weight excluding hydrogens is 332 g/mol. The maximum Gasteiger partial charge on any atom is 0.356 e. The van der Waals surface area contributed by atoms with E-state index in [-0.39, 0.29) is 17.6 Å². The number of primary amides is 1. The molecule has 1 heterocycles. The molecule has 1 fully saturated rings. The number of amides is 1. The lowest BCUT2D eigenvalue weighted by Crippen LogP contribution is -2.59. The van der Waals surface area contributed by atoms with Crippen LogP contribution in [0, 0.1) is 0 Å². The molecule has 2 aliphatic carbocycles. The summed E-state index contributed by atoms with van der Waals surface area (Å²) in [6.45, 7) is 2.79. The quantitative estimate of drug-likeness (QED) is 0.671. The third-order valence-electron chi connectivity index (χ3n) is 5.89. The highest BCUT2D eigenvalue weighted by atomic mass is 16.4. The van der Waals surface area contributed by atoms with E-state index >= 15 is 0 Å². The summed E-state index contributed by atoms with van der Waals surface area (Å²) in [6.07, 6.45) is 8.98. The largest absolute Gasteiger partial charge is 0.476 e. The van der Waals surface area contributed by atoms with Crippen molar-refractivity contribution >= 4 is 11.9 Å². The summed E-state index contributed by atoms with van der Waals surface area (Å²) in [5.74, 6) is -1.25. The molecule has 1 saturated carbocycles. The highest BCUT2D eigenvalue weighted by molar-refractivity contribution is 5.87. The minimum atomic E-state index is -0.976. The standard InChI is InChI=1S/C19H30N4O3/c1-2-11-23-15-8-7-13(12-14(15)16(22-23)17(24)25)21-19(18(20)26)9-5-3-4-6-10-19/h13,21H,2-12H2,1H3,(H2,20,26)(H,24,25). The molecular formula is C19H30N4O3. The van der Waals surface area contributed by atoms with Crippen molar-refractivity contribution in [2.45, 2.75) is 89.3 Å². The van der Waals surface area contributed by atoms with Crippen molar-refractivity contribution in [1.82, 2.24) is 15.1 Å². The van der Waals surface area contributed by atoms with Crippen LogP contribution in [0.4, 0.5) is 0 Å². The highest BCUT2D eigenvalue weighted by Gasteiger charge is 2.40. The van der Waals surface area contributed by atoms with Crippen LogP contribution in [0.2, 0.25) is 0 Å². The summed E-state index contributed by atoms with van der Waals surface area (Å²) in [5.41, 5.74) is 7.16. The zero-order valence-corrected chi connectivity index (χ0v) is 15.6. The summed E-state index contributed by atoms with van der Waals surface area (Å²) in [5, 5.41) is 17.4. The van der Waals surface area contributed by atoms with Gasteiger partial charge >= 0.3 is 5.97 Å². The predicted octanol–water partition coefficient (Wildman–Crippen LogP) is 2.02. The van der Waals surface area contributed by atoms with Crippen LogP contribution in [-0.4, -0.2) is 38.3 Å². The second-order valence-corrected chi connectivity index (χ2v) is 7.75. The van der Waals surface area contributed by atoms with Crippen molar-refractivity contribution in [3.63, 3.8) is 0 Å². The number of rotatable bonds is 6. The smallest absolute Gasteiger partial charge is 0.356 e. The molecule has 1 atom stereocenters. The lowest BCUT2D eigenvalue weighted by Gasteiger charge is -2.36. The molecule has 1 aromatic heterocycles. The van der Waals surface area contributed by atoms with Gasteiger partial charge in [-0.1, -0.05) is 32.6 Å². The van der Waals surface area contributed by atoms with E-state index in [4.69, 9.17) is 5.73 Å². The van der Waals surface area contributed by atoms with Crippen LogP contribution >= 0.6 is 0 Å². The number of aromatic nitrogens is 2. The van der Waals surface area contributed by atoms with Crippen LogP contribution in [0.1, 0.15) is 80.0 Å². The molecule has 7 heteroatoms. The van der Waals surface area contributed by atoms with Gasteiger partial charge in [-0.3, -0.25) is 9.48 Å². The van der Waals surface area contributed by atoms with Crippen molar-refractivity contribution in [2.24, 2.45) is 5.73 Å². The van der Waals surface area contributed by atoms with Gasteiger partial charge in [0, 0.05) is 23.8 Å². The lowest BCUT2D eigenvalue weighted by molar-refractivity contribution is -0.125. The summed E-state index contributed by atoms with van der Waals surface area (Å²) >= 11 is 0. The van der Waals surface area contributed by atoms with E-state index in [9.17, 15) is 14.7 Å². The average Bonchev–Trinajstić information content (AvgIpc) is 2.78. The maximum atomic E-state index is 12.3. The number of carboxylic acids is 1. The van der Waals surface area contributed by atoms with E-state index in [0.717, 1.165) is 75.6 Å². The normalized spacial score (nSPS) is 22.4. The molecule has 26 heavy (non-hydrogen) atoms. The van der Waals surface area contributed by atoms with E-state index in [0.29, 0.717) is 6.42 Å². The number of nitrogens with one attached hydrogen (secondary N) is 1. The number of aromatic carboxylic acids is 1. The molecule has 0 aromatic carbocycles. The Balaban J connectivity index is 1.83. The van der Waals surface area contributed by atoms with Crippen LogP contribution in [-0.2, 0) is 24.2 Å². The summed E-state index contributed by atoms with van der Waals surface area (Å²) < 4.78 is 1.85. The topological polar surface area (TPSA) is 110 Å². The molecule has 1 aromatic rings. The van der Waals surface area contributed by atoms with Gasteiger partial charge in [0.15, 0.2) is 5.69 Å². The Hall–Kier alpha value is -1.89. The van der Waals surface area contributed by atoms with Gasteiger partial charge in [0.05, 0.1) is 5.54 Å². The number of nitrogens with two attached hydrogens (primary N) is 1. The third-order valence-corrected chi connectivity index (χ3v) is 5.89. The first-order valence-corrected chi connectivity index (χ1v) is 9.86. The van der Waals surface area contributed by atoms with Crippen molar-refractivity contribution in [2.75, 3.05) is 0 Å². The van der Waals surface area contributed by atoms with E-state index in [1.54, 1.807) is 0 Å². The highest BCUT2D eigenvalue weighted by Crippen LogP contribution is 2.31. The fourth-order valence-corrected chi connectivity index (χ4v) is 4.56. The summed E-state index contributed by atoms with van der Waals surface area (Å²) in [4.78, 5) is 23.9. The number of hydrogen-bond donors (Lipinski definition) is 3. The van der Waals surface area contributed by atoms with Crippen molar-refractivity contribution in [1.29, 1.82) is 0 Å². The van der Waals surface area contributed by atoms with Gasteiger partial charge in [0.1, 0.15) is 0 Å². The average molecular weight is 362 g/mol. The fourth-order valence-electron chi connectivity index (χ4n) is 4.56. The molecule has 2 aliphatic rings. The molecule has 1 amide bonds. The van der Waals surface area contributed by atoms with Crippen LogP contribution in [0.5, 0.6) is 0 Å². The Morgan fingerprint density at radius 3 is 2.58 bits per heavy atom. The Morgan fingerprint density at radius 1 is 1.31 bits per heavy atom. The molecule has 1 unspecified atom stereocenters. The van der Waals surface area contributed by atoms with E-state index in [1.807, 2.05) is 4.68 Å². The van der Waals surface area contributed by atoms with Crippen molar-refractivity contribution in [3.05, 3.63) is 17.0 Å². The van der Waals surface area contributed by atoms with Crippen LogP contribution in [0.3, 0.4) is 0 Å². The summed E-state index contributed by atoms with van der Waals surface area (Å²) in [7, 11) is 0. The number of nitrogens with zero attached hydrogens (tertiary/aromatic N) is 2. The van der Waals surface area contributed by atoms with Gasteiger partial charge < -0.3 is 16.2 Å². The Morgan fingerprint density at radius 2 is 2.00 bits per heavy atom. The Bertz CT molecular complexity index is 675. The van der Waals surface area contributed by atoms with Gasteiger partial charge in [0.2, 0.25) is 5.91 Å². The number of carboxylic acid groups (broad SMARTS) is 1. The first kappa shape index (κ1) is 18.9. The zero-order chi connectivity index (χ0) is 18.7. The van der Waals surface area contributed by atoms with E-state index in [1.165, 1.54) is 0 Å². The molecule has 0 radical (unpaired) electrons. The van der Waals surface area contributed by atoms with Gasteiger partial charge in [-0.25, -0.2) is 4.79 Å². The lowest BCUT2D eigenvalue weighted by atomic mass is 9.84. The van der Waals surface area contributed by atoms with Gasteiger partial charge in [-0.05, 0) is 38.5 Å². The number of carbonyl (C=O) groups excluding carboxylic acids is 1. The molecule has 0 spiro atoms. The van der Waals surface area contributed by atoms with Gasteiger partial charge in [-0.15, -0.1) is 0 Å². The SMILES string of the molecule is CCCn1nc(C(=O)O)c2c1CCC(NC1(C(N)=O)CCCCCC1)C2. The minimum Gasteiger partial charge on any atom is -0.476 e. The van der Waals surface area contributed by atoms with Gasteiger partial charge in [-0.2, -0.15) is 5.10 Å². The monoisotopic (exact) mass is 362 g/mol. The van der Waals surface area contributed by atoms with Crippen molar-refractivity contribution < 1.29 is 14.7 Å².